The summed E-state index contributed by atoms with van der Waals surface area (Å²) in [6, 6.07) is 1.40. The highest BCUT2D eigenvalue weighted by Gasteiger charge is 2.24. The van der Waals surface area contributed by atoms with Crippen LogP contribution in [-0.4, -0.2) is 28.4 Å². The van der Waals surface area contributed by atoms with Crippen LogP contribution < -0.4 is 10.2 Å². The van der Waals surface area contributed by atoms with E-state index < -0.39 is 28.5 Å². The third-order valence-electron chi connectivity index (χ3n) is 2.16. The first-order valence-corrected chi connectivity index (χ1v) is 4.71. The molecule has 0 saturated carbocycles. The minimum atomic E-state index is -1.15. The van der Waals surface area contributed by atoms with Gasteiger partial charge in [0.05, 0.1) is 11.0 Å². The normalized spacial score (nSPS) is 17.7. The molecule has 0 spiro atoms. The number of rotatable bonds is 3. The molecule has 1 aliphatic rings. The number of nitro groups is 1. The molecule has 1 aromatic rings. The summed E-state index contributed by atoms with van der Waals surface area (Å²) in [6.07, 6.45) is -0.832. The smallest absolute Gasteiger partial charge is 0.308 e. The standard InChI is InChI=1S/C8H8FN5O4/c1-13-8(10-11-12-13)18-7-3-5(14(16)17)4(9)2-6(7)15/h2-3,8,15H,1H3,(H,10,12). The highest BCUT2D eigenvalue weighted by Crippen LogP contribution is 2.33. The number of hydrogen-bond donors (Lipinski definition) is 2. The summed E-state index contributed by atoms with van der Waals surface area (Å²) in [7, 11) is 1.53. The lowest BCUT2D eigenvalue weighted by Crippen LogP contribution is -2.37. The van der Waals surface area contributed by atoms with Crippen LogP contribution in [0.1, 0.15) is 0 Å². The Kier molecular flexibility index (Phi) is 2.83. The van der Waals surface area contributed by atoms with Crippen molar-refractivity contribution < 1.29 is 19.2 Å². The largest absolute Gasteiger partial charge is 0.504 e. The SMILES string of the molecule is CN1N=NNC1Oc1cc([N+](=O)[O-])c(F)cc1O. The highest BCUT2D eigenvalue weighted by molar-refractivity contribution is 5.48. The molecule has 1 aromatic carbocycles. The number of aromatic hydroxyl groups is 1. The first-order chi connectivity index (χ1) is 8.49. The van der Waals surface area contributed by atoms with E-state index in [0.717, 1.165) is 6.07 Å². The molecule has 2 rings (SSSR count). The second-order valence-corrected chi connectivity index (χ2v) is 3.39. The summed E-state index contributed by atoms with van der Waals surface area (Å²) < 4.78 is 18.3. The molecule has 0 fully saturated rings. The molecule has 2 N–H and O–H groups in total. The molecular weight excluding hydrogens is 249 g/mol. The van der Waals surface area contributed by atoms with Gasteiger partial charge in [-0.25, -0.2) is 10.4 Å². The Morgan fingerprint density at radius 1 is 1.67 bits per heavy atom. The van der Waals surface area contributed by atoms with Gasteiger partial charge in [-0.15, -0.1) is 0 Å². The Balaban J connectivity index is 2.27. The fraction of sp³-hybridized carbons (Fsp3) is 0.250. The number of hydrogen-bond acceptors (Lipinski definition) is 8. The fourth-order valence-corrected chi connectivity index (χ4v) is 1.27. The second-order valence-electron chi connectivity index (χ2n) is 3.39. The van der Waals surface area contributed by atoms with Crippen molar-refractivity contribution >= 4 is 5.69 Å². The molecule has 1 atom stereocenters. The van der Waals surface area contributed by atoms with Crippen molar-refractivity contribution in [3.63, 3.8) is 0 Å². The summed E-state index contributed by atoms with van der Waals surface area (Å²) >= 11 is 0. The van der Waals surface area contributed by atoms with Gasteiger partial charge in [0.1, 0.15) is 0 Å². The molecule has 1 aliphatic heterocycles. The summed E-state index contributed by atoms with van der Waals surface area (Å²) in [6.45, 7) is 0. The molecule has 18 heavy (non-hydrogen) atoms. The quantitative estimate of drug-likeness (QED) is 0.615. The summed E-state index contributed by atoms with van der Waals surface area (Å²) in [5, 5.41) is 28.3. The summed E-state index contributed by atoms with van der Waals surface area (Å²) in [4.78, 5) is 9.64. The van der Waals surface area contributed by atoms with Gasteiger partial charge < -0.3 is 9.84 Å². The molecule has 96 valence electrons. The number of halogens is 1. The Labute approximate surface area is 99.6 Å². The molecular formula is C8H8FN5O4. The molecule has 1 unspecified atom stereocenters. The van der Waals surface area contributed by atoms with E-state index in [1.54, 1.807) is 0 Å². The molecule has 0 aromatic heterocycles. The number of benzene rings is 1. The van der Waals surface area contributed by atoms with Gasteiger partial charge in [-0.3, -0.25) is 10.1 Å². The predicted octanol–water partition coefficient (Wildman–Crippen LogP) is 0.919. The van der Waals surface area contributed by atoms with Crippen LogP contribution in [-0.2, 0) is 0 Å². The third kappa shape index (κ3) is 2.07. The maximum atomic E-state index is 13.2. The van der Waals surface area contributed by atoms with Gasteiger partial charge in [0.15, 0.2) is 11.5 Å². The lowest BCUT2D eigenvalue weighted by atomic mass is 10.2. The van der Waals surface area contributed by atoms with Crippen molar-refractivity contribution in [1.82, 2.24) is 10.4 Å². The molecule has 0 radical (unpaired) electrons. The van der Waals surface area contributed by atoms with E-state index in [2.05, 4.69) is 15.9 Å². The van der Waals surface area contributed by atoms with E-state index in [1.807, 2.05) is 0 Å². The van der Waals surface area contributed by atoms with E-state index in [9.17, 15) is 19.6 Å². The molecule has 10 heteroatoms. The Hall–Kier alpha value is -2.65. The second kappa shape index (κ2) is 4.31. The zero-order valence-electron chi connectivity index (χ0n) is 9.07. The average molecular weight is 257 g/mol. The van der Waals surface area contributed by atoms with Gasteiger partial charge in [-0.1, -0.05) is 5.22 Å². The van der Waals surface area contributed by atoms with E-state index in [4.69, 9.17) is 4.74 Å². The minimum absolute atomic E-state index is 0.250. The van der Waals surface area contributed by atoms with Crippen LogP contribution in [0.3, 0.4) is 0 Å². The minimum Gasteiger partial charge on any atom is -0.504 e. The molecule has 0 bridgehead atoms. The Morgan fingerprint density at radius 3 is 2.94 bits per heavy atom. The van der Waals surface area contributed by atoms with Gasteiger partial charge >= 0.3 is 5.69 Å². The van der Waals surface area contributed by atoms with Crippen LogP contribution >= 0.6 is 0 Å². The van der Waals surface area contributed by atoms with E-state index in [0.29, 0.717) is 6.07 Å². The van der Waals surface area contributed by atoms with E-state index in [1.165, 1.54) is 12.1 Å². The monoisotopic (exact) mass is 257 g/mol. The first kappa shape index (κ1) is 11.8. The topological polar surface area (TPSA) is 113 Å². The van der Waals surface area contributed by atoms with Gasteiger partial charge in [-0.2, -0.15) is 4.39 Å². The number of ether oxygens (including phenoxy) is 1. The van der Waals surface area contributed by atoms with Crippen LogP contribution in [0, 0.1) is 15.9 Å². The third-order valence-corrected chi connectivity index (χ3v) is 2.16. The predicted molar refractivity (Wildman–Crippen MR) is 54.9 cm³/mol. The van der Waals surface area contributed by atoms with Gasteiger partial charge in [0.25, 0.3) is 6.35 Å². The Bertz CT molecular complexity index is 522. The molecule has 1 heterocycles. The average Bonchev–Trinajstić information content (AvgIpc) is 2.67. The van der Waals surface area contributed by atoms with Crippen LogP contribution in [0.2, 0.25) is 0 Å². The summed E-state index contributed by atoms with van der Waals surface area (Å²) in [5.41, 5.74) is 1.64. The number of nitro benzene ring substituents is 1. The van der Waals surface area contributed by atoms with Crippen LogP contribution in [0.4, 0.5) is 10.1 Å². The van der Waals surface area contributed by atoms with E-state index in [-0.39, 0.29) is 5.75 Å². The van der Waals surface area contributed by atoms with Gasteiger partial charge in [0, 0.05) is 13.1 Å². The van der Waals surface area contributed by atoms with E-state index >= 15 is 0 Å². The lowest BCUT2D eigenvalue weighted by molar-refractivity contribution is -0.387. The van der Waals surface area contributed by atoms with Crippen molar-refractivity contribution in [3.05, 3.63) is 28.1 Å². The van der Waals surface area contributed by atoms with Crippen LogP contribution in [0.5, 0.6) is 11.5 Å². The Morgan fingerprint density at radius 2 is 2.39 bits per heavy atom. The van der Waals surface area contributed by atoms with Crippen molar-refractivity contribution in [1.29, 1.82) is 0 Å². The maximum absolute atomic E-state index is 13.2. The fourth-order valence-electron chi connectivity index (χ4n) is 1.27. The number of nitrogens with zero attached hydrogens (tertiary/aromatic N) is 4. The summed E-state index contributed by atoms with van der Waals surface area (Å²) in [5.74, 6) is -1.95. The van der Waals surface area contributed by atoms with Crippen molar-refractivity contribution in [2.45, 2.75) is 6.35 Å². The highest BCUT2D eigenvalue weighted by atomic mass is 19.1. The number of phenolic OH excluding ortho intramolecular Hbond substituents is 1. The van der Waals surface area contributed by atoms with Crippen LogP contribution in [0.25, 0.3) is 0 Å². The van der Waals surface area contributed by atoms with Crippen molar-refractivity contribution in [2.24, 2.45) is 10.4 Å². The zero-order valence-corrected chi connectivity index (χ0v) is 9.07. The molecule has 0 amide bonds. The van der Waals surface area contributed by atoms with Gasteiger partial charge in [-0.05, 0) is 5.22 Å². The first-order valence-electron chi connectivity index (χ1n) is 4.71. The molecule has 0 saturated heterocycles. The van der Waals surface area contributed by atoms with Crippen LogP contribution in [0.15, 0.2) is 22.6 Å². The molecule has 9 nitrogen and oxygen atoms in total. The number of nitrogens with one attached hydrogen (secondary N) is 1. The number of phenols is 1. The van der Waals surface area contributed by atoms with Crippen molar-refractivity contribution in [2.75, 3.05) is 7.05 Å². The van der Waals surface area contributed by atoms with Crippen molar-refractivity contribution in [3.8, 4) is 11.5 Å². The maximum Gasteiger partial charge on any atom is 0.308 e. The zero-order chi connectivity index (χ0) is 13.3. The van der Waals surface area contributed by atoms with Gasteiger partial charge in [0.2, 0.25) is 5.82 Å². The molecule has 0 aliphatic carbocycles. The lowest BCUT2D eigenvalue weighted by Gasteiger charge is -2.18.